The van der Waals surface area contributed by atoms with E-state index in [2.05, 4.69) is 13.2 Å². The summed E-state index contributed by atoms with van der Waals surface area (Å²) >= 11 is 1.51. The van der Waals surface area contributed by atoms with Gasteiger partial charge in [-0.3, -0.25) is 14.4 Å². The highest BCUT2D eigenvalue weighted by molar-refractivity contribution is 7.22. The van der Waals surface area contributed by atoms with Crippen LogP contribution in [0.1, 0.15) is 63.9 Å². The van der Waals surface area contributed by atoms with Crippen LogP contribution in [-0.2, 0) is 47.7 Å². The van der Waals surface area contributed by atoms with Crippen LogP contribution in [0.25, 0.3) is 10.2 Å². The van der Waals surface area contributed by atoms with Crippen LogP contribution in [0.4, 0.5) is 5.13 Å². The van der Waals surface area contributed by atoms with Gasteiger partial charge in [0, 0.05) is 24.6 Å². The first kappa shape index (κ1) is 57.9. The number of thiazole rings is 1. The largest absolute Gasteiger partial charge is 0.493 e. The van der Waals surface area contributed by atoms with Crippen LogP contribution in [0.2, 0.25) is 0 Å². The van der Waals surface area contributed by atoms with Crippen molar-refractivity contribution >= 4 is 62.7 Å². The molecule has 2 saturated carbocycles. The van der Waals surface area contributed by atoms with Crippen molar-refractivity contribution in [1.29, 1.82) is 0 Å². The maximum absolute atomic E-state index is 13.2. The number of para-hydroxylation sites is 1. The Bertz CT molecular complexity index is 2750. The highest BCUT2D eigenvalue weighted by Crippen LogP contribution is 2.35. The third-order valence-electron chi connectivity index (χ3n) is 12.8. The van der Waals surface area contributed by atoms with Gasteiger partial charge in [0.2, 0.25) is 18.7 Å². The van der Waals surface area contributed by atoms with Crippen molar-refractivity contribution in [2.24, 2.45) is 28.8 Å². The summed E-state index contributed by atoms with van der Waals surface area (Å²) in [6.45, 7) is 10.2. The maximum atomic E-state index is 13.2. The van der Waals surface area contributed by atoms with Gasteiger partial charge in [0.05, 0.1) is 74.5 Å². The monoisotopic (exact) mass is 1090 g/mol. The Labute approximate surface area is 456 Å². The van der Waals surface area contributed by atoms with Gasteiger partial charge in [-0.25, -0.2) is 19.6 Å². The van der Waals surface area contributed by atoms with Crippen molar-refractivity contribution in [2.45, 2.75) is 58.3 Å². The number of ether oxygens (including phenoxy) is 11. The van der Waals surface area contributed by atoms with Crippen LogP contribution in [0.5, 0.6) is 34.5 Å². The minimum Gasteiger partial charge on any atom is -0.493 e. The molecule has 0 atom stereocenters. The second kappa shape index (κ2) is 30.8. The molecule has 0 aliphatic heterocycles. The van der Waals surface area contributed by atoms with Gasteiger partial charge in [0.15, 0.2) is 0 Å². The van der Waals surface area contributed by atoms with Crippen molar-refractivity contribution in [1.82, 2.24) is 4.98 Å². The minimum atomic E-state index is -0.594. The van der Waals surface area contributed by atoms with Crippen molar-refractivity contribution < 1.29 is 76.1 Å². The number of anilines is 1. The van der Waals surface area contributed by atoms with E-state index in [0.29, 0.717) is 110 Å². The molecule has 1 aromatic heterocycles. The molecule has 19 nitrogen and oxygen atoms in total. The summed E-state index contributed by atoms with van der Waals surface area (Å²) in [5.41, 5.74) is 1.54. The van der Waals surface area contributed by atoms with Crippen LogP contribution in [-0.4, -0.2) is 107 Å². The third kappa shape index (κ3) is 19.0. The van der Waals surface area contributed by atoms with E-state index in [1.54, 1.807) is 59.8 Å². The Morgan fingerprint density at radius 2 is 1.12 bits per heavy atom. The highest BCUT2D eigenvalue weighted by Gasteiger charge is 2.30. The summed E-state index contributed by atoms with van der Waals surface area (Å²) in [6.07, 6.45) is 9.56. The number of fused-ring (bicyclic) bond motifs is 1. The summed E-state index contributed by atoms with van der Waals surface area (Å²) in [4.78, 5) is 64.8. The third-order valence-corrected chi connectivity index (χ3v) is 13.8. The number of nitrogens with zero attached hydrogens (tertiary/aromatic N) is 3. The highest BCUT2D eigenvalue weighted by atomic mass is 32.1. The maximum Gasteiger partial charge on any atom is 0.333 e. The standard InChI is InChI=1S/C58H65N3O16S/c1-4-54(63)74-38-72-46-18-22-48(23-19-46)76-56(65)43-14-10-41(11-15-43)36-70-50-26-27-52(71-37-42-12-16-44(17-13-42)57(66)77-49-24-20-47(21-25-49)73-39-75-55(64)5-2)45(34-50)35-59-61(58-60-51-8-6-7-9-53(51)78-58)28-29-67-30-31-68-32-33-69-40(3)62/h4-9,18-27,34-35,41-44H,1-2,10-17,28-33,36-39H2,3H3/b59-35+. The lowest BCUT2D eigenvalue weighted by atomic mass is 9.82. The first-order valence-corrected chi connectivity index (χ1v) is 26.7. The summed E-state index contributed by atoms with van der Waals surface area (Å²) in [7, 11) is 0. The molecular formula is C58H65N3O16S. The normalized spacial score (nSPS) is 17.0. The number of carbonyl (C=O) groups is 5. The topological polar surface area (TPSA) is 215 Å². The molecule has 0 amide bonds. The lowest BCUT2D eigenvalue weighted by molar-refractivity contribution is -0.145. The predicted octanol–water partition coefficient (Wildman–Crippen LogP) is 9.45. The zero-order valence-corrected chi connectivity index (χ0v) is 44.4. The Hall–Kier alpha value is -7.81. The van der Waals surface area contributed by atoms with Gasteiger partial charge in [-0.1, -0.05) is 36.6 Å². The summed E-state index contributed by atoms with van der Waals surface area (Å²) in [6, 6.07) is 26.6. The van der Waals surface area contributed by atoms with Gasteiger partial charge < -0.3 is 52.1 Å². The molecule has 414 valence electrons. The van der Waals surface area contributed by atoms with Gasteiger partial charge >= 0.3 is 29.8 Å². The molecule has 0 radical (unpaired) electrons. The van der Waals surface area contributed by atoms with Crippen molar-refractivity contribution in [3.63, 3.8) is 0 Å². The molecule has 5 aromatic rings. The fourth-order valence-electron chi connectivity index (χ4n) is 8.46. The second-order valence-electron chi connectivity index (χ2n) is 18.3. The molecule has 4 aromatic carbocycles. The first-order valence-electron chi connectivity index (χ1n) is 25.8. The van der Waals surface area contributed by atoms with Crippen molar-refractivity contribution in [3.8, 4) is 34.5 Å². The summed E-state index contributed by atoms with van der Waals surface area (Å²) in [5, 5.41) is 7.45. The Balaban J connectivity index is 0.954. The average molecular weight is 1090 g/mol. The molecule has 0 bridgehead atoms. The molecule has 1 heterocycles. The van der Waals surface area contributed by atoms with E-state index in [1.165, 1.54) is 18.3 Å². The molecule has 2 aliphatic carbocycles. The quantitative estimate of drug-likeness (QED) is 0.00611. The summed E-state index contributed by atoms with van der Waals surface area (Å²) < 4.78 is 62.2. The van der Waals surface area contributed by atoms with Crippen LogP contribution in [0.3, 0.4) is 0 Å². The van der Waals surface area contributed by atoms with Gasteiger partial charge in [-0.2, -0.15) is 5.10 Å². The van der Waals surface area contributed by atoms with E-state index < -0.39 is 11.9 Å². The molecule has 2 aliphatic rings. The molecule has 7 rings (SSSR count). The molecule has 78 heavy (non-hydrogen) atoms. The minimum absolute atomic E-state index is 0.177. The smallest absolute Gasteiger partial charge is 0.333 e. The molecule has 0 spiro atoms. The first-order chi connectivity index (χ1) is 38.0. The fourth-order valence-corrected chi connectivity index (χ4v) is 9.41. The molecule has 20 heteroatoms. The van der Waals surface area contributed by atoms with E-state index in [1.807, 2.05) is 42.5 Å². The van der Waals surface area contributed by atoms with Gasteiger partial charge in [0.25, 0.3) is 0 Å². The number of esters is 5. The van der Waals surface area contributed by atoms with E-state index in [4.69, 9.17) is 62.2 Å². The molecule has 0 N–H and O–H groups in total. The number of carbonyl (C=O) groups excluding carboxylic acids is 5. The Morgan fingerprint density at radius 1 is 0.603 bits per heavy atom. The lowest BCUT2D eigenvalue weighted by Crippen LogP contribution is -2.28. The zero-order chi connectivity index (χ0) is 54.9. The van der Waals surface area contributed by atoms with Crippen molar-refractivity contribution in [2.75, 3.05) is 71.4 Å². The predicted molar refractivity (Wildman–Crippen MR) is 289 cm³/mol. The summed E-state index contributed by atoms with van der Waals surface area (Å²) in [5.74, 6) is 0.715. The average Bonchev–Trinajstić information content (AvgIpc) is 3.90. The number of hydrogen-bond acceptors (Lipinski definition) is 20. The lowest BCUT2D eigenvalue weighted by Gasteiger charge is -2.28. The van der Waals surface area contributed by atoms with E-state index in [0.717, 1.165) is 48.1 Å². The molecule has 2 fully saturated rings. The van der Waals surface area contributed by atoms with E-state index in [9.17, 15) is 24.0 Å². The molecular weight excluding hydrogens is 1030 g/mol. The number of hydrogen-bond donors (Lipinski definition) is 0. The second-order valence-corrected chi connectivity index (χ2v) is 19.3. The van der Waals surface area contributed by atoms with Crippen LogP contribution in [0, 0.1) is 23.7 Å². The van der Waals surface area contributed by atoms with E-state index >= 15 is 0 Å². The molecule has 0 unspecified atom stereocenters. The SMILES string of the molecule is C=CC(=O)OCOc1ccc(OC(=O)C2CCC(COc3ccc(OCC4CCC(C(=O)Oc5ccc(OCOC(=O)C=C)cc5)CC4)c(/C=N/N(CCOCCOCCOC(C)=O)c4nc5ccccc5s4)c3)CC2)cc1. The molecule has 0 saturated heterocycles. The number of rotatable bonds is 30. The van der Waals surface area contributed by atoms with Crippen LogP contribution in [0.15, 0.2) is 121 Å². The van der Waals surface area contributed by atoms with Gasteiger partial charge in [-0.15, -0.1) is 0 Å². The van der Waals surface area contributed by atoms with Gasteiger partial charge in [-0.05, 0) is 142 Å². The number of aromatic nitrogens is 1. The van der Waals surface area contributed by atoms with Gasteiger partial charge in [0.1, 0.15) is 41.1 Å². The van der Waals surface area contributed by atoms with Crippen molar-refractivity contribution in [3.05, 3.63) is 122 Å². The zero-order valence-electron chi connectivity index (χ0n) is 43.6. The van der Waals surface area contributed by atoms with E-state index in [-0.39, 0.29) is 68.4 Å². The number of hydrazone groups is 1. The Kier molecular flexibility index (Phi) is 22.9. The van der Waals surface area contributed by atoms with Crippen LogP contribution >= 0.6 is 11.3 Å². The number of benzene rings is 4. The van der Waals surface area contributed by atoms with Crippen LogP contribution < -0.4 is 33.4 Å². The fraction of sp³-hybridized carbons (Fsp3) is 0.397. The Morgan fingerprint density at radius 3 is 1.67 bits per heavy atom.